The SMILES string of the molecule is CC(=O)OC[C@]12CC[C@H](O)C(C)(C)[C@@H]1CCC1=C2CC[C@]2(C)[C@@H]([C@H](C)[C@H]3OC(=O)C(C)=C[C@@H]3O)CC[C@@]12C. The number of rotatable bonds is 4. The van der Waals surface area contributed by atoms with Gasteiger partial charge < -0.3 is 19.7 Å². The lowest BCUT2D eigenvalue weighted by Gasteiger charge is -2.62. The van der Waals surface area contributed by atoms with E-state index in [-0.39, 0.29) is 51.5 Å². The van der Waals surface area contributed by atoms with Crippen molar-refractivity contribution in [2.24, 2.45) is 39.4 Å². The molecule has 0 aromatic rings. The normalized spacial score (nSPS) is 44.8. The third-order valence-corrected chi connectivity index (χ3v) is 12.5. The fourth-order valence-electron chi connectivity index (χ4n) is 10.1. The molecule has 0 aromatic carbocycles. The predicted molar refractivity (Wildman–Crippen MR) is 145 cm³/mol. The minimum Gasteiger partial charge on any atom is -0.465 e. The number of aliphatic hydroxyl groups is 2. The quantitative estimate of drug-likeness (QED) is 0.369. The molecule has 212 valence electrons. The van der Waals surface area contributed by atoms with E-state index in [1.807, 2.05) is 0 Å². The maximum Gasteiger partial charge on any atom is 0.333 e. The smallest absolute Gasteiger partial charge is 0.333 e. The molecule has 6 nitrogen and oxygen atoms in total. The molecule has 5 rings (SSSR count). The molecule has 0 unspecified atom stereocenters. The van der Waals surface area contributed by atoms with Crippen LogP contribution in [0.15, 0.2) is 22.8 Å². The van der Waals surface area contributed by atoms with Crippen molar-refractivity contribution in [2.75, 3.05) is 6.61 Å². The lowest BCUT2D eigenvalue weighted by molar-refractivity contribution is -0.159. The molecule has 4 aliphatic carbocycles. The van der Waals surface area contributed by atoms with Crippen LogP contribution in [0.5, 0.6) is 0 Å². The van der Waals surface area contributed by atoms with Gasteiger partial charge in [0.25, 0.3) is 0 Å². The van der Waals surface area contributed by atoms with Crippen molar-refractivity contribution in [3.8, 4) is 0 Å². The molecule has 6 heteroatoms. The summed E-state index contributed by atoms with van der Waals surface area (Å²) in [7, 11) is 0. The van der Waals surface area contributed by atoms with Crippen molar-refractivity contribution in [3.63, 3.8) is 0 Å². The molecular formula is C32H48O6. The first kappa shape index (κ1) is 27.9. The Morgan fingerprint density at radius 3 is 2.47 bits per heavy atom. The number of esters is 2. The fourth-order valence-corrected chi connectivity index (χ4v) is 10.1. The van der Waals surface area contributed by atoms with Crippen LogP contribution >= 0.6 is 0 Å². The van der Waals surface area contributed by atoms with E-state index in [2.05, 4.69) is 34.6 Å². The summed E-state index contributed by atoms with van der Waals surface area (Å²) in [5.74, 6) is 0.0866. The van der Waals surface area contributed by atoms with Crippen molar-refractivity contribution in [1.82, 2.24) is 0 Å². The lowest BCUT2D eigenvalue weighted by atomic mass is 9.43. The number of cyclic esters (lactones) is 1. The zero-order chi connectivity index (χ0) is 27.8. The highest BCUT2D eigenvalue weighted by Gasteiger charge is 2.65. The first-order valence-electron chi connectivity index (χ1n) is 14.8. The fraction of sp³-hybridized carbons (Fsp3) is 0.812. The number of fused-ring (bicyclic) bond motifs is 4. The van der Waals surface area contributed by atoms with E-state index < -0.39 is 12.2 Å². The van der Waals surface area contributed by atoms with E-state index in [0.717, 1.165) is 51.4 Å². The number of carbonyl (C=O) groups excluding carboxylic acids is 2. The van der Waals surface area contributed by atoms with Gasteiger partial charge in [0, 0.05) is 17.9 Å². The summed E-state index contributed by atoms with van der Waals surface area (Å²) in [6.07, 6.45) is 7.75. The minimum absolute atomic E-state index is 0.00327. The Hall–Kier alpha value is -1.66. The molecule has 2 N–H and O–H groups in total. The van der Waals surface area contributed by atoms with E-state index >= 15 is 0 Å². The molecule has 1 aliphatic heterocycles. The lowest BCUT2D eigenvalue weighted by Crippen LogP contribution is -2.58. The number of carbonyl (C=O) groups is 2. The van der Waals surface area contributed by atoms with E-state index in [1.54, 1.807) is 18.6 Å². The zero-order valence-electron chi connectivity index (χ0n) is 24.4. The highest BCUT2D eigenvalue weighted by Crippen LogP contribution is 2.72. The molecular weight excluding hydrogens is 480 g/mol. The number of allylic oxidation sites excluding steroid dienone is 1. The van der Waals surface area contributed by atoms with E-state index in [0.29, 0.717) is 18.1 Å². The van der Waals surface area contributed by atoms with Crippen LogP contribution in [0.1, 0.15) is 99.8 Å². The van der Waals surface area contributed by atoms with Gasteiger partial charge in [-0.1, -0.05) is 45.8 Å². The van der Waals surface area contributed by atoms with Gasteiger partial charge in [0.15, 0.2) is 0 Å². The van der Waals surface area contributed by atoms with Gasteiger partial charge in [-0.25, -0.2) is 4.79 Å². The molecule has 0 bridgehead atoms. The predicted octanol–water partition coefficient (Wildman–Crippen LogP) is 5.51. The summed E-state index contributed by atoms with van der Waals surface area (Å²) >= 11 is 0. The summed E-state index contributed by atoms with van der Waals surface area (Å²) in [6.45, 7) is 15.0. The Balaban J connectivity index is 1.53. The average Bonchev–Trinajstić information content (AvgIpc) is 3.13. The van der Waals surface area contributed by atoms with Crippen LogP contribution in [0.2, 0.25) is 0 Å². The molecule has 9 atom stereocenters. The monoisotopic (exact) mass is 528 g/mol. The molecule has 0 amide bonds. The number of hydrogen-bond donors (Lipinski definition) is 2. The summed E-state index contributed by atoms with van der Waals surface area (Å²) in [5, 5.41) is 21.8. The van der Waals surface area contributed by atoms with Gasteiger partial charge in [-0.15, -0.1) is 0 Å². The number of hydrogen-bond acceptors (Lipinski definition) is 6. The zero-order valence-corrected chi connectivity index (χ0v) is 24.4. The van der Waals surface area contributed by atoms with E-state index in [9.17, 15) is 19.8 Å². The molecule has 38 heavy (non-hydrogen) atoms. The standard InChI is InChI=1S/C32H48O6/c1-18-16-24(34)27(38-28(18)36)19(2)21-10-13-31(7)22-8-9-25-29(4,5)26(35)12-15-32(25,17-37-20(3)33)23(22)11-14-30(21,31)6/h16,19,21,24-27,34-35H,8-15,17H2,1-7H3/t19-,21+,24-,25-,26-,27+,30+,31-,32-/m0/s1. The van der Waals surface area contributed by atoms with Crippen LogP contribution in [-0.4, -0.2) is 47.1 Å². The first-order valence-corrected chi connectivity index (χ1v) is 14.8. The Morgan fingerprint density at radius 1 is 1.08 bits per heavy atom. The van der Waals surface area contributed by atoms with Crippen LogP contribution in [0.4, 0.5) is 0 Å². The van der Waals surface area contributed by atoms with Crippen molar-refractivity contribution in [1.29, 1.82) is 0 Å². The summed E-state index contributed by atoms with van der Waals surface area (Å²) in [4.78, 5) is 24.4. The van der Waals surface area contributed by atoms with Gasteiger partial charge in [0.2, 0.25) is 0 Å². The molecule has 2 fully saturated rings. The van der Waals surface area contributed by atoms with Gasteiger partial charge >= 0.3 is 11.9 Å². The van der Waals surface area contributed by atoms with E-state index in [4.69, 9.17) is 9.47 Å². The number of ether oxygens (including phenoxy) is 2. The van der Waals surface area contributed by atoms with Crippen molar-refractivity contribution < 1.29 is 29.3 Å². The van der Waals surface area contributed by atoms with Crippen molar-refractivity contribution >= 4 is 11.9 Å². The maximum atomic E-state index is 12.4. The molecule has 5 aliphatic rings. The minimum atomic E-state index is -0.769. The van der Waals surface area contributed by atoms with Gasteiger partial charge in [-0.2, -0.15) is 0 Å². The van der Waals surface area contributed by atoms with Crippen molar-refractivity contribution in [3.05, 3.63) is 22.8 Å². The van der Waals surface area contributed by atoms with Crippen LogP contribution in [-0.2, 0) is 19.1 Å². The summed E-state index contributed by atoms with van der Waals surface area (Å²) < 4.78 is 11.6. The van der Waals surface area contributed by atoms with Crippen LogP contribution in [0.25, 0.3) is 0 Å². The second kappa shape index (κ2) is 9.19. The van der Waals surface area contributed by atoms with Crippen LogP contribution in [0, 0.1) is 39.4 Å². The third-order valence-electron chi connectivity index (χ3n) is 12.5. The molecule has 0 saturated heterocycles. The second-order valence-corrected chi connectivity index (χ2v) is 14.3. The molecule has 0 spiro atoms. The van der Waals surface area contributed by atoms with Crippen molar-refractivity contribution in [2.45, 2.75) is 118 Å². The van der Waals surface area contributed by atoms with E-state index in [1.165, 1.54) is 12.5 Å². The molecule has 1 heterocycles. The van der Waals surface area contributed by atoms with Crippen LogP contribution < -0.4 is 0 Å². The Kier molecular flexibility index (Phi) is 6.75. The Labute approximate surface area is 228 Å². The number of aliphatic hydroxyl groups excluding tert-OH is 2. The van der Waals surface area contributed by atoms with Crippen LogP contribution in [0.3, 0.4) is 0 Å². The largest absolute Gasteiger partial charge is 0.465 e. The molecule has 0 aromatic heterocycles. The Morgan fingerprint density at radius 2 is 1.79 bits per heavy atom. The molecule has 0 radical (unpaired) electrons. The molecule has 2 saturated carbocycles. The topological polar surface area (TPSA) is 93.1 Å². The summed E-state index contributed by atoms with van der Waals surface area (Å²) in [5.41, 5.74) is 3.12. The first-order chi connectivity index (χ1) is 17.7. The maximum absolute atomic E-state index is 12.4. The van der Waals surface area contributed by atoms with Gasteiger partial charge in [-0.05, 0) is 98.4 Å². The third kappa shape index (κ3) is 3.79. The average molecular weight is 529 g/mol. The van der Waals surface area contributed by atoms with Gasteiger partial charge in [0.1, 0.15) is 18.8 Å². The highest BCUT2D eigenvalue weighted by molar-refractivity contribution is 5.88. The Bertz CT molecular complexity index is 1070. The van der Waals surface area contributed by atoms with Gasteiger partial charge in [0.05, 0.1) is 6.10 Å². The second-order valence-electron chi connectivity index (χ2n) is 14.3. The summed E-state index contributed by atoms with van der Waals surface area (Å²) in [6, 6.07) is 0. The highest BCUT2D eigenvalue weighted by atomic mass is 16.6. The van der Waals surface area contributed by atoms with Gasteiger partial charge in [-0.3, -0.25) is 4.79 Å².